The highest BCUT2D eigenvalue weighted by atomic mass is 32.1. The molecule has 1 N–H and O–H groups in total. The van der Waals surface area contributed by atoms with Crippen LogP contribution < -0.4 is 5.32 Å². The molecule has 0 spiro atoms. The molecule has 0 atom stereocenters. The van der Waals surface area contributed by atoms with Gasteiger partial charge in [0.1, 0.15) is 6.54 Å². The molecule has 0 fully saturated rings. The number of nitrogens with zero attached hydrogens (tertiary/aromatic N) is 4. The van der Waals surface area contributed by atoms with Crippen LogP contribution in [0.15, 0.2) is 41.8 Å². The van der Waals surface area contributed by atoms with Gasteiger partial charge in [0, 0.05) is 5.69 Å². The molecule has 0 saturated carbocycles. The second-order valence-electron chi connectivity index (χ2n) is 4.74. The van der Waals surface area contributed by atoms with Gasteiger partial charge in [0.15, 0.2) is 0 Å². The van der Waals surface area contributed by atoms with Gasteiger partial charge < -0.3 is 10.1 Å². The quantitative estimate of drug-likeness (QED) is 0.710. The van der Waals surface area contributed by atoms with Gasteiger partial charge in [0.25, 0.3) is 0 Å². The summed E-state index contributed by atoms with van der Waals surface area (Å²) in [6, 6.07) is 10.2. The average Bonchev–Trinajstić information content (AvgIpc) is 3.25. The first-order chi connectivity index (χ1) is 11.7. The summed E-state index contributed by atoms with van der Waals surface area (Å²) < 4.78 is 4.65. The highest BCUT2D eigenvalue weighted by Crippen LogP contribution is 2.19. The number of hydrogen-bond donors (Lipinski definition) is 1. The number of rotatable bonds is 5. The molecule has 0 bridgehead atoms. The number of esters is 1. The van der Waals surface area contributed by atoms with Crippen LogP contribution in [0.4, 0.5) is 5.69 Å². The fourth-order valence-electron chi connectivity index (χ4n) is 1.99. The van der Waals surface area contributed by atoms with Gasteiger partial charge in [-0.2, -0.15) is 4.80 Å². The number of amides is 1. The van der Waals surface area contributed by atoms with Gasteiger partial charge in [-0.05, 0) is 34.9 Å². The molecule has 0 aliphatic rings. The van der Waals surface area contributed by atoms with E-state index in [1.54, 1.807) is 18.2 Å². The maximum Gasteiger partial charge on any atom is 0.337 e. The highest BCUT2D eigenvalue weighted by Gasteiger charge is 2.11. The van der Waals surface area contributed by atoms with Crippen molar-refractivity contribution < 1.29 is 14.3 Å². The highest BCUT2D eigenvalue weighted by molar-refractivity contribution is 7.13. The smallest absolute Gasteiger partial charge is 0.337 e. The average molecular weight is 343 g/mol. The number of ether oxygens (including phenoxy) is 1. The zero-order valence-corrected chi connectivity index (χ0v) is 13.5. The SMILES string of the molecule is COC(=O)c1cccc(NC(=O)Cn2nnc(-c3cccs3)n2)c1. The predicted molar refractivity (Wildman–Crippen MR) is 87.5 cm³/mol. The first-order valence-corrected chi connectivity index (χ1v) is 7.83. The van der Waals surface area contributed by atoms with Gasteiger partial charge in [-0.15, -0.1) is 21.5 Å². The van der Waals surface area contributed by atoms with Crippen LogP contribution in [0.2, 0.25) is 0 Å². The summed E-state index contributed by atoms with van der Waals surface area (Å²) in [5.74, 6) is -0.317. The second kappa shape index (κ2) is 7.01. The summed E-state index contributed by atoms with van der Waals surface area (Å²) in [5.41, 5.74) is 0.843. The summed E-state index contributed by atoms with van der Waals surface area (Å²) >= 11 is 1.49. The van der Waals surface area contributed by atoms with Gasteiger partial charge in [-0.3, -0.25) is 4.79 Å². The molecule has 0 unspecified atom stereocenters. The van der Waals surface area contributed by atoms with Gasteiger partial charge in [-0.1, -0.05) is 12.1 Å². The van der Waals surface area contributed by atoms with E-state index in [0.717, 1.165) is 4.88 Å². The standard InChI is InChI=1S/C15H13N5O3S/c1-23-15(22)10-4-2-5-11(8-10)16-13(21)9-20-18-14(17-19-20)12-6-3-7-24-12/h2-8H,9H2,1H3,(H,16,21). The van der Waals surface area contributed by atoms with E-state index in [4.69, 9.17) is 0 Å². The number of thiophene rings is 1. The van der Waals surface area contributed by atoms with Crippen molar-refractivity contribution in [3.63, 3.8) is 0 Å². The van der Waals surface area contributed by atoms with Crippen molar-refractivity contribution in [2.24, 2.45) is 0 Å². The molecule has 9 heteroatoms. The summed E-state index contributed by atoms with van der Waals surface area (Å²) in [5, 5.41) is 16.5. The Balaban J connectivity index is 1.65. The predicted octanol–water partition coefficient (Wildman–Crippen LogP) is 1.83. The number of nitrogens with one attached hydrogen (secondary N) is 1. The largest absolute Gasteiger partial charge is 0.465 e. The molecule has 0 radical (unpaired) electrons. The van der Waals surface area contributed by atoms with Crippen molar-refractivity contribution in [1.29, 1.82) is 0 Å². The molecule has 1 aromatic carbocycles. The Morgan fingerprint density at radius 1 is 1.29 bits per heavy atom. The van der Waals surface area contributed by atoms with Crippen molar-refractivity contribution in [3.05, 3.63) is 47.3 Å². The third-order valence-electron chi connectivity index (χ3n) is 3.05. The summed E-state index contributed by atoms with van der Waals surface area (Å²) in [6.45, 7) is -0.0825. The van der Waals surface area contributed by atoms with Crippen LogP contribution in [0, 0.1) is 0 Å². The number of tetrazole rings is 1. The van der Waals surface area contributed by atoms with E-state index in [2.05, 4.69) is 25.5 Å². The Labute approximate surface area is 141 Å². The van der Waals surface area contributed by atoms with Crippen molar-refractivity contribution >= 4 is 28.9 Å². The van der Waals surface area contributed by atoms with Crippen LogP contribution in [0.1, 0.15) is 10.4 Å². The van der Waals surface area contributed by atoms with Crippen LogP contribution >= 0.6 is 11.3 Å². The van der Waals surface area contributed by atoms with Gasteiger partial charge in [0.05, 0.1) is 17.6 Å². The minimum atomic E-state index is -0.468. The Morgan fingerprint density at radius 2 is 2.17 bits per heavy atom. The maximum atomic E-state index is 12.1. The van der Waals surface area contributed by atoms with Gasteiger partial charge >= 0.3 is 5.97 Å². The zero-order chi connectivity index (χ0) is 16.9. The number of carbonyl (C=O) groups is 2. The lowest BCUT2D eigenvalue weighted by atomic mass is 10.2. The molecule has 3 aromatic rings. The molecule has 8 nitrogen and oxygen atoms in total. The van der Waals surface area contributed by atoms with Crippen molar-refractivity contribution in [2.75, 3.05) is 12.4 Å². The minimum absolute atomic E-state index is 0.0825. The normalized spacial score (nSPS) is 10.4. The zero-order valence-electron chi connectivity index (χ0n) is 12.7. The molecule has 24 heavy (non-hydrogen) atoms. The fraction of sp³-hybridized carbons (Fsp3) is 0.133. The van der Waals surface area contributed by atoms with Crippen molar-refractivity contribution in [1.82, 2.24) is 20.2 Å². The van der Waals surface area contributed by atoms with Crippen LogP contribution in [0.3, 0.4) is 0 Å². The lowest BCUT2D eigenvalue weighted by molar-refractivity contribution is -0.117. The number of carbonyl (C=O) groups excluding carboxylic acids is 2. The van der Waals surface area contributed by atoms with Crippen LogP contribution in [-0.2, 0) is 16.1 Å². The van der Waals surface area contributed by atoms with Crippen molar-refractivity contribution in [2.45, 2.75) is 6.54 Å². The van der Waals surface area contributed by atoms with Crippen LogP contribution in [0.5, 0.6) is 0 Å². The molecule has 0 aliphatic heterocycles. The first-order valence-electron chi connectivity index (χ1n) is 6.95. The summed E-state index contributed by atoms with van der Waals surface area (Å²) in [6.07, 6.45) is 0. The Hall–Kier alpha value is -3.07. The van der Waals surface area contributed by atoms with Crippen LogP contribution in [0.25, 0.3) is 10.7 Å². The number of benzene rings is 1. The molecular weight excluding hydrogens is 330 g/mol. The minimum Gasteiger partial charge on any atom is -0.465 e. The third-order valence-corrected chi connectivity index (χ3v) is 3.91. The van der Waals surface area contributed by atoms with E-state index in [1.807, 2.05) is 17.5 Å². The molecule has 2 aromatic heterocycles. The molecular formula is C15H13N5O3S. The Kier molecular flexibility index (Phi) is 4.62. The Bertz CT molecular complexity index is 860. The number of hydrogen-bond acceptors (Lipinski definition) is 7. The number of aromatic nitrogens is 4. The van der Waals surface area contributed by atoms with E-state index >= 15 is 0 Å². The summed E-state index contributed by atoms with van der Waals surface area (Å²) in [7, 11) is 1.30. The lowest BCUT2D eigenvalue weighted by Gasteiger charge is -2.06. The molecule has 2 heterocycles. The second-order valence-corrected chi connectivity index (χ2v) is 5.69. The third kappa shape index (κ3) is 3.63. The fourth-order valence-corrected chi connectivity index (χ4v) is 2.63. The molecule has 0 saturated heterocycles. The van der Waals surface area contributed by atoms with E-state index in [9.17, 15) is 9.59 Å². The van der Waals surface area contributed by atoms with Crippen molar-refractivity contribution in [3.8, 4) is 10.7 Å². The number of anilines is 1. The monoisotopic (exact) mass is 343 g/mol. The summed E-state index contributed by atoms with van der Waals surface area (Å²) in [4.78, 5) is 25.7. The van der Waals surface area contributed by atoms with Crippen LogP contribution in [-0.4, -0.2) is 39.2 Å². The molecule has 3 rings (SSSR count). The van der Waals surface area contributed by atoms with Gasteiger partial charge in [-0.25, -0.2) is 4.79 Å². The topological polar surface area (TPSA) is 99.0 Å². The van der Waals surface area contributed by atoms with Gasteiger partial charge in [0.2, 0.25) is 11.7 Å². The molecule has 122 valence electrons. The Morgan fingerprint density at radius 3 is 2.92 bits per heavy atom. The van der Waals surface area contributed by atoms with E-state index in [0.29, 0.717) is 17.1 Å². The van der Waals surface area contributed by atoms with E-state index < -0.39 is 5.97 Å². The lowest BCUT2D eigenvalue weighted by Crippen LogP contribution is -2.20. The first kappa shape index (κ1) is 15.8. The maximum absolute atomic E-state index is 12.1. The van der Waals surface area contributed by atoms with E-state index in [-0.39, 0.29) is 12.5 Å². The molecule has 1 amide bonds. The van der Waals surface area contributed by atoms with E-state index in [1.165, 1.54) is 29.3 Å². The molecule has 0 aliphatic carbocycles. The number of methoxy groups -OCH3 is 1.